The first-order chi connectivity index (χ1) is 9.34. The van der Waals surface area contributed by atoms with Crippen molar-refractivity contribution in [2.75, 3.05) is 0 Å². The van der Waals surface area contributed by atoms with E-state index in [9.17, 15) is 0 Å². The van der Waals surface area contributed by atoms with Crippen LogP contribution in [0.4, 0.5) is 0 Å². The third-order valence-electron chi connectivity index (χ3n) is 2.89. The summed E-state index contributed by atoms with van der Waals surface area (Å²) in [5, 5.41) is 3.27. The highest BCUT2D eigenvalue weighted by Crippen LogP contribution is 2.43. The lowest BCUT2D eigenvalue weighted by molar-refractivity contribution is 0.641. The number of fused-ring (bicyclic) bond motifs is 1. The highest BCUT2D eigenvalue weighted by Gasteiger charge is 2.11. The topological polar surface area (TPSA) is 9.23 Å². The van der Waals surface area contributed by atoms with Crippen molar-refractivity contribution in [3.63, 3.8) is 0 Å². The fourth-order valence-corrected chi connectivity index (χ4v) is 3.36. The number of rotatable bonds is 3. The molecule has 3 aromatic rings. The van der Waals surface area contributed by atoms with Gasteiger partial charge in [0.2, 0.25) is 7.50 Å². The summed E-state index contributed by atoms with van der Waals surface area (Å²) in [4.78, 5) is 0. The molecule has 0 spiro atoms. The van der Waals surface area contributed by atoms with Crippen LogP contribution in [0.25, 0.3) is 10.8 Å². The minimum absolute atomic E-state index is 0.836. The minimum Gasteiger partial charge on any atom is -0.453 e. The molecule has 0 saturated heterocycles. The molecule has 94 valence electrons. The molecule has 0 saturated carbocycles. The van der Waals surface area contributed by atoms with Crippen LogP contribution in [0, 0.1) is 0 Å². The fraction of sp³-hybridized carbons (Fsp3) is 0. The van der Waals surface area contributed by atoms with Crippen LogP contribution >= 0.6 is 18.7 Å². The Morgan fingerprint density at radius 3 is 2.26 bits per heavy atom. The summed E-state index contributed by atoms with van der Waals surface area (Å²) in [5.74, 6) is 0.836. The second-order valence-electron chi connectivity index (χ2n) is 4.15. The lowest BCUT2D eigenvalue weighted by Crippen LogP contribution is -2.00. The van der Waals surface area contributed by atoms with Crippen molar-refractivity contribution in [3.8, 4) is 5.75 Å². The predicted octanol–water partition coefficient (Wildman–Crippen LogP) is 5.09. The van der Waals surface area contributed by atoms with E-state index in [0.29, 0.717) is 0 Å². The summed E-state index contributed by atoms with van der Waals surface area (Å²) >= 11 is 6.38. The van der Waals surface area contributed by atoms with Crippen molar-refractivity contribution in [2.24, 2.45) is 0 Å². The van der Waals surface area contributed by atoms with E-state index in [4.69, 9.17) is 15.8 Å². The van der Waals surface area contributed by atoms with Crippen LogP contribution in [0.1, 0.15) is 0 Å². The molecule has 3 heteroatoms. The van der Waals surface area contributed by atoms with Crippen LogP contribution in [0.2, 0.25) is 0 Å². The molecule has 3 rings (SSSR count). The van der Waals surface area contributed by atoms with Crippen molar-refractivity contribution in [1.82, 2.24) is 0 Å². The highest BCUT2D eigenvalue weighted by atomic mass is 35.7. The molecule has 0 aliphatic carbocycles. The Labute approximate surface area is 118 Å². The Balaban J connectivity index is 1.94. The summed E-state index contributed by atoms with van der Waals surface area (Å²) in [5.41, 5.74) is 0. The zero-order valence-corrected chi connectivity index (χ0v) is 11.8. The van der Waals surface area contributed by atoms with Crippen LogP contribution in [0.15, 0.2) is 72.8 Å². The molecule has 0 N–H and O–H groups in total. The van der Waals surface area contributed by atoms with Crippen LogP contribution in [0.5, 0.6) is 5.75 Å². The average Bonchev–Trinajstić information content (AvgIpc) is 2.48. The second-order valence-corrected chi connectivity index (χ2v) is 6.26. The minimum atomic E-state index is -1.15. The first-order valence-electron chi connectivity index (χ1n) is 6.01. The van der Waals surface area contributed by atoms with Gasteiger partial charge in [-0.25, -0.2) is 0 Å². The van der Waals surface area contributed by atoms with Gasteiger partial charge < -0.3 is 4.52 Å². The van der Waals surface area contributed by atoms with Crippen molar-refractivity contribution in [2.45, 2.75) is 0 Å². The van der Waals surface area contributed by atoms with E-state index < -0.39 is 7.50 Å². The molecule has 0 aromatic heterocycles. The first kappa shape index (κ1) is 12.5. The van der Waals surface area contributed by atoms with Gasteiger partial charge in [-0.3, -0.25) is 0 Å². The predicted molar refractivity (Wildman–Crippen MR) is 83.4 cm³/mol. The summed E-state index contributed by atoms with van der Waals surface area (Å²) in [6.45, 7) is 0. The maximum atomic E-state index is 6.38. The molecule has 1 nitrogen and oxygen atoms in total. The number of benzene rings is 3. The van der Waals surface area contributed by atoms with Crippen molar-refractivity contribution < 1.29 is 4.52 Å². The van der Waals surface area contributed by atoms with E-state index in [-0.39, 0.29) is 0 Å². The lowest BCUT2D eigenvalue weighted by atomic mass is 10.1. The summed E-state index contributed by atoms with van der Waals surface area (Å²) in [7, 11) is -1.15. The molecule has 0 radical (unpaired) electrons. The van der Waals surface area contributed by atoms with Crippen molar-refractivity contribution in [3.05, 3.63) is 72.8 Å². The molecular formula is C16H12ClOP. The lowest BCUT2D eigenvalue weighted by Gasteiger charge is -2.13. The number of halogens is 1. The Kier molecular flexibility index (Phi) is 3.68. The Hall–Kier alpha value is -1.56. The van der Waals surface area contributed by atoms with Crippen LogP contribution in [0.3, 0.4) is 0 Å². The standard InChI is InChI=1S/C16H12ClOP/c17-19(14-9-2-1-3-10-14)18-16-12-6-8-13-7-4-5-11-15(13)16/h1-12H. The van der Waals surface area contributed by atoms with Crippen molar-refractivity contribution in [1.29, 1.82) is 0 Å². The maximum Gasteiger partial charge on any atom is 0.215 e. The van der Waals surface area contributed by atoms with Gasteiger partial charge in [0.25, 0.3) is 0 Å². The Morgan fingerprint density at radius 1 is 0.737 bits per heavy atom. The molecule has 0 fully saturated rings. The van der Waals surface area contributed by atoms with Gasteiger partial charge >= 0.3 is 0 Å². The van der Waals surface area contributed by atoms with Crippen molar-refractivity contribution >= 4 is 34.8 Å². The summed E-state index contributed by atoms with van der Waals surface area (Å²) in [6.07, 6.45) is 0. The second kappa shape index (κ2) is 5.61. The number of hydrogen-bond acceptors (Lipinski definition) is 1. The number of hydrogen-bond donors (Lipinski definition) is 0. The molecule has 1 atom stereocenters. The first-order valence-corrected chi connectivity index (χ1v) is 8.18. The van der Waals surface area contributed by atoms with Gasteiger partial charge in [-0.05, 0) is 22.7 Å². The van der Waals surface area contributed by atoms with Gasteiger partial charge in [0.1, 0.15) is 5.75 Å². The van der Waals surface area contributed by atoms with E-state index in [1.54, 1.807) is 0 Å². The highest BCUT2D eigenvalue weighted by molar-refractivity contribution is 7.86. The summed E-state index contributed by atoms with van der Waals surface area (Å²) < 4.78 is 5.94. The average molecular weight is 287 g/mol. The smallest absolute Gasteiger partial charge is 0.215 e. The van der Waals surface area contributed by atoms with Gasteiger partial charge in [0, 0.05) is 10.7 Å². The van der Waals surface area contributed by atoms with E-state index in [2.05, 4.69) is 18.2 Å². The van der Waals surface area contributed by atoms with Crippen LogP contribution < -0.4 is 9.83 Å². The SMILES string of the molecule is ClP(Oc1cccc2ccccc12)c1ccccc1. The van der Waals surface area contributed by atoms with Gasteiger partial charge in [0.15, 0.2) is 0 Å². The zero-order chi connectivity index (χ0) is 13.1. The van der Waals surface area contributed by atoms with Gasteiger partial charge in [-0.2, -0.15) is 0 Å². The molecule has 0 amide bonds. The molecule has 19 heavy (non-hydrogen) atoms. The van der Waals surface area contributed by atoms with Crippen LogP contribution in [-0.2, 0) is 0 Å². The van der Waals surface area contributed by atoms with E-state index >= 15 is 0 Å². The normalized spacial score (nSPS) is 12.3. The summed E-state index contributed by atoms with van der Waals surface area (Å²) in [6, 6.07) is 24.1. The fourth-order valence-electron chi connectivity index (χ4n) is 1.96. The molecular weight excluding hydrogens is 275 g/mol. The molecule has 1 unspecified atom stereocenters. The van der Waals surface area contributed by atoms with Gasteiger partial charge in [-0.1, -0.05) is 66.7 Å². The maximum absolute atomic E-state index is 6.38. The van der Waals surface area contributed by atoms with E-state index in [1.807, 2.05) is 54.6 Å². The largest absolute Gasteiger partial charge is 0.453 e. The van der Waals surface area contributed by atoms with E-state index in [1.165, 1.54) is 0 Å². The van der Waals surface area contributed by atoms with Gasteiger partial charge in [0.05, 0.1) is 0 Å². The van der Waals surface area contributed by atoms with Crippen LogP contribution in [-0.4, -0.2) is 0 Å². The van der Waals surface area contributed by atoms with E-state index in [0.717, 1.165) is 21.8 Å². The Morgan fingerprint density at radius 2 is 1.42 bits per heavy atom. The third-order valence-corrected chi connectivity index (χ3v) is 4.74. The molecule has 0 heterocycles. The molecule has 0 bridgehead atoms. The zero-order valence-electron chi connectivity index (χ0n) is 10.2. The molecule has 0 aliphatic heterocycles. The van der Waals surface area contributed by atoms with Gasteiger partial charge in [-0.15, -0.1) is 0 Å². The third kappa shape index (κ3) is 2.73. The quantitative estimate of drug-likeness (QED) is 0.609. The molecule has 0 aliphatic rings. The monoisotopic (exact) mass is 286 g/mol. The Bertz CT molecular complexity index is 679. The molecule has 3 aromatic carbocycles.